The zero-order chi connectivity index (χ0) is 17.8. The third kappa shape index (κ3) is 3.18. The van der Waals surface area contributed by atoms with Crippen LogP contribution in [0.3, 0.4) is 0 Å². The van der Waals surface area contributed by atoms with Crippen LogP contribution in [0.2, 0.25) is 0 Å². The van der Waals surface area contributed by atoms with Gasteiger partial charge in [0.05, 0.1) is 0 Å². The molecule has 2 heterocycles. The number of aromatic nitrogens is 7. The molecule has 0 aliphatic heterocycles. The van der Waals surface area contributed by atoms with E-state index in [1.807, 2.05) is 48.5 Å². The number of rotatable bonds is 5. The average Bonchev–Trinajstić information content (AvgIpc) is 3.37. The van der Waals surface area contributed by atoms with Crippen molar-refractivity contribution in [1.82, 2.24) is 35.4 Å². The summed E-state index contributed by atoms with van der Waals surface area (Å²) < 4.78 is 1.42. The first-order valence-electron chi connectivity index (χ1n) is 7.85. The van der Waals surface area contributed by atoms with Crippen molar-refractivity contribution in [2.24, 2.45) is 0 Å². The summed E-state index contributed by atoms with van der Waals surface area (Å²) in [5.74, 6) is 0.374. The lowest BCUT2D eigenvalue weighted by Crippen LogP contribution is -2.27. The van der Waals surface area contributed by atoms with Gasteiger partial charge in [-0.25, -0.2) is 9.67 Å². The highest BCUT2D eigenvalue weighted by Gasteiger charge is 2.24. The monoisotopic (exact) mass is 346 g/mol. The fourth-order valence-corrected chi connectivity index (χ4v) is 2.65. The summed E-state index contributed by atoms with van der Waals surface area (Å²) in [7, 11) is 0. The van der Waals surface area contributed by atoms with Crippen molar-refractivity contribution in [2.45, 2.75) is 6.04 Å². The van der Waals surface area contributed by atoms with E-state index in [9.17, 15) is 4.79 Å². The third-order valence-electron chi connectivity index (χ3n) is 3.81. The third-order valence-corrected chi connectivity index (χ3v) is 3.81. The van der Waals surface area contributed by atoms with Crippen LogP contribution >= 0.6 is 0 Å². The van der Waals surface area contributed by atoms with Crippen molar-refractivity contribution in [3.63, 3.8) is 0 Å². The Bertz CT molecular complexity index is 983. The summed E-state index contributed by atoms with van der Waals surface area (Å²) in [5, 5.41) is 20.7. The number of benzene rings is 2. The molecule has 1 atom stereocenters. The van der Waals surface area contributed by atoms with Crippen LogP contribution in [0.15, 0.2) is 67.3 Å². The molecule has 0 aliphatic rings. The molecule has 0 bridgehead atoms. The van der Waals surface area contributed by atoms with Crippen LogP contribution in [0.4, 0.5) is 5.69 Å². The van der Waals surface area contributed by atoms with E-state index >= 15 is 0 Å². The number of carbonyl (C=O) groups excluding carboxylic acids is 1. The van der Waals surface area contributed by atoms with Gasteiger partial charge in [-0.1, -0.05) is 42.5 Å². The number of tetrazole rings is 1. The van der Waals surface area contributed by atoms with Gasteiger partial charge in [-0.3, -0.25) is 9.89 Å². The SMILES string of the molecule is O=C(Nc1cccc(-c2ncn[nH]2)c1)C(c1ccccc1)n1cnnn1. The van der Waals surface area contributed by atoms with Crippen molar-refractivity contribution < 1.29 is 4.79 Å². The number of nitrogens with zero attached hydrogens (tertiary/aromatic N) is 6. The zero-order valence-corrected chi connectivity index (χ0v) is 13.5. The number of hydrogen-bond acceptors (Lipinski definition) is 6. The van der Waals surface area contributed by atoms with Gasteiger partial charge in [0, 0.05) is 11.3 Å². The lowest BCUT2D eigenvalue weighted by Gasteiger charge is -2.17. The van der Waals surface area contributed by atoms with E-state index in [2.05, 4.69) is 36.0 Å². The Labute approximate surface area is 148 Å². The molecule has 4 aromatic rings. The Morgan fingerprint density at radius 2 is 2.00 bits per heavy atom. The predicted molar refractivity (Wildman–Crippen MR) is 92.8 cm³/mol. The van der Waals surface area contributed by atoms with Crippen LogP contribution in [0.1, 0.15) is 11.6 Å². The number of hydrogen-bond donors (Lipinski definition) is 2. The van der Waals surface area contributed by atoms with Gasteiger partial charge >= 0.3 is 0 Å². The second-order valence-corrected chi connectivity index (χ2v) is 5.51. The maximum absolute atomic E-state index is 12.9. The molecule has 0 aliphatic carbocycles. The highest BCUT2D eigenvalue weighted by atomic mass is 16.2. The van der Waals surface area contributed by atoms with Gasteiger partial charge in [0.25, 0.3) is 5.91 Å². The number of aromatic amines is 1. The Morgan fingerprint density at radius 3 is 2.73 bits per heavy atom. The molecule has 9 nitrogen and oxygen atoms in total. The van der Waals surface area contributed by atoms with Gasteiger partial charge in [0.15, 0.2) is 11.9 Å². The van der Waals surface area contributed by atoms with E-state index in [1.165, 1.54) is 17.3 Å². The van der Waals surface area contributed by atoms with E-state index in [0.29, 0.717) is 11.5 Å². The van der Waals surface area contributed by atoms with Gasteiger partial charge in [0.1, 0.15) is 12.7 Å². The van der Waals surface area contributed by atoms with E-state index < -0.39 is 6.04 Å². The molecule has 1 unspecified atom stereocenters. The Balaban J connectivity index is 1.62. The Hall–Kier alpha value is -3.88. The van der Waals surface area contributed by atoms with Crippen LogP contribution in [-0.4, -0.2) is 41.3 Å². The van der Waals surface area contributed by atoms with Crippen molar-refractivity contribution in [3.8, 4) is 11.4 Å². The Kier molecular flexibility index (Phi) is 4.17. The van der Waals surface area contributed by atoms with Gasteiger partial charge in [0.2, 0.25) is 0 Å². The second kappa shape index (κ2) is 6.93. The summed E-state index contributed by atoms with van der Waals surface area (Å²) in [5.41, 5.74) is 2.24. The quantitative estimate of drug-likeness (QED) is 0.568. The van der Waals surface area contributed by atoms with Gasteiger partial charge in [-0.05, 0) is 28.1 Å². The van der Waals surface area contributed by atoms with Crippen molar-refractivity contribution in [1.29, 1.82) is 0 Å². The molecule has 0 fully saturated rings. The normalized spacial score (nSPS) is 11.8. The first-order valence-corrected chi connectivity index (χ1v) is 7.85. The maximum Gasteiger partial charge on any atom is 0.253 e. The van der Waals surface area contributed by atoms with E-state index in [-0.39, 0.29) is 5.91 Å². The molecule has 0 spiro atoms. The van der Waals surface area contributed by atoms with E-state index in [4.69, 9.17) is 0 Å². The first-order chi connectivity index (χ1) is 12.8. The average molecular weight is 346 g/mol. The minimum atomic E-state index is -0.680. The summed E-state index contributed by atoms with van der Waals surface area (Å²) in [4.78, 5) is 17.1. The molecule has 128 valence electrons. The highest BCUT2D eigenvalue weighted by Crippen LogP contribution is 2.22. The van der Waals surface area contributed by atoms with E-state index in [1.54, 1.807) is 6.07 Å². The van der Waals surface area contributed by atoms with Crippen molar-refractivity contribution in [3.05, 3.63) is 72.8 Å². The van der Waals surface area contributed by atoms with Crippen molar-refractivity contribution in [2.75, 3.05) is 5.32 Å². The Morgan fingerprint density at radius 1 is 1.12 bits per heavy atom. The molecule has 2 aromatic heterocycles. The number of nitrogens with one attached hydrogen (secondary N) is 2. The summed E-state index contributed by atoms with van der Waals surface area (Å²) >= 11 is 0. The maximum atomic E-state index is 12.9. The second-order valence-electron chi connectivity index (χ2n) is 5.51. The number of amides is 1. The molecule has 2 N–H and O–H groups in total. The van der Waals surface area contributed by atoms with E-state index in [0.717, 1.165) is 11.1 Å². The fourth-order valence-electron chi connectivity index (χ4n) is 2.65. The molecular formula is C17H14N8O. The number of H-pyrrole nitrogens is 1. The topological polar surface area (TPSA) is 114 Å². The summed E-state index contributed by atoms with van der Waals surface area (Å²) in [6.45, 7) is 0. The highest BCUT2D eigenvalue weighted by molar-refractivity contribution is 5.96. The lowest BCUT2D eigenvalue weighted by molar-refractivity contribution is -0.118. The standard InChI is InChI=1S/C17H14N8O/c26-17(15(25-11-20-23-24-25)12-5-2-1-3-6-12)21-14-8-4-7-13(9-14)16-18-10-19-22-16/h1-11,15H,(H,21,26)(H,18,19,22). The molecule has 0 saturated carbocycles. The molecule has 0 saturated heterocycles. The predicted octanol–water partition coefficient (Wildman–Crippen LogP) is 1.69. The molecule has 1 amide bonds. The lowest BCUT2D eigenvalue weighted by atomic mass is 10.1. The molecule has 4 rings (SSSR count). The van der Waals surface area contributed by atoms with Gasteiger partial charge in [-0.2, -0.15) is 5.10 Å². The van der Waals surface area contributed by atoms with Crippen LogP contribution in [-0.2, 0) is 4.79 Å². The minimum Gasteiger partial charge on any atom is -0.324 e. The summed E-state index contributed by atoms with van der Waals surface area (Å²) in [6.07, 6.45) is 2.85. The molecule has 2 aromatic carbocycles. The van der Waals surface area contributed by atoms with Crippen LogP contribution in [0, 0.1) is 0 Å². The fraction of sp³-hybridized carbons (Fsp3) is 0.0588. The van der Waals surface area contributed by atoms with Crippen LogP contribution in [0.5, 0.6) is 0 Å². The number of carbonyl (C=O) groups is 1. The smallest absolute Gasteiger partial charge is 0.253 e. The zero-order valence-electron chi connectivity index (χ0n) is 13.5. The van der Waals surface area contributed by atoms with Gasteiger partial charge < -0.3 is 5.32 Å². The minimum absolute atomic E-state index is 0.252. The molecule has 9 heteroatoms. The van der Waals surface area contributed by atoms with Crippen molar-refractivity contribution >= 4 is 11.6 Å². The first kappa shape index (κ1) is 15.6. The summed E-state index contributed by atoms with van der Waals surface area (Å²) in [6, 6.07) is 16.0. The number of anilines is 1. The van der Waals surface area contributed by atoms with Crippen LogP contribution < -0.4 is 5.32 Å². The molecule has 26 heavy (non-hydrogen) atoms. The largest absolute Gasteiger partial charge is 0.324 e. The van der Waals surface area contributed by atoms with Crippen LogP contribution in [0.25, 0.3) is 11.4 Å². The van der Waals surface area contributed by atoms with Gasteiger partial charge in [-0.15, -0.1) is 5.10 Å². The molecule has 0 radical (unpaired) electrons. The molecular weight excluding hydrogens is 332 g/mol.